The molecule has 0 atom stereocenters. The van der Waals surface area contributed by atoms with Crippen molar-refractivity contribution in [3.63, 3.8) is 0 Å². The minimum atomic E-state index is -0.439. The molecule has 0 aliphatic heterocycles. The molecule has 0 amide bonds. The van der Waals surface area contributed by atoms with Gasteiger partial charge in [-0.1, -0.05) is 214 Å². The van der Waals surface area contributed by atoms with Gasteiger partial charge in [-0.05, 0) is 120 Å². The fraction of sp³-hybridized carbons (Fsp3) is 0.0588. The molecule has 2 heteroatoms. The molecule has 0 bridgehead atoms. The number of furan rings is 1. The SMILES string of the molecule is CC1(C)c2ccccc2-c2c(-c3ccccc3N(c3ccc4c(c3)-c3ccccc3C43c4ccccc4-c4ccccc43)c3ccccc3-c3cccc4oc5c6ccccc6ccc5c34)cccc21. The number of fused-ring (bicyclic) bond motifs is 18. The third-order valence-corrected chi connectivity index (χ3v) is 16.1. The van der Waals surface area contributed by atoms with E-state index in [1.807, 2.05) is 0 Å². The normalized spacial score (nSPS) is 14.1. The summed E-state index contributed by atoms with van der Waals surface area (Å²) in [5.74, 6) is 0. The van der Waals surface area contributed by atoms with Crippen molar-refractivity contribution >= 4 is 49.8 Å². The van der Waals surface area contributed by atoms with E-state index in [4.69, 9.17) is 4.42 Å². The summed E-state index contributed by atoms with van der Waals surface area (Å²) in [4.78, 5) is 2.54. The van der Waals surface area contributed by atoms with E-state index >= 15 is 0 Å². The van der Waals surface area contributed by atoms with Gasteiger partial charge in [0.2, 0.25) is 0 Å². The molecule has 328 valence electrons. The molecule has 12 aromatic rings. The van der Waals surface area contributed by atoms with Crippen LogP contribution in [-0.4, -0.2) is 0 Å². The Bertz CT molecular complexity index is 4140. The first-order chi connectivity index (χ1) is 34.5. The third-order valence-electron chi connectivity index (χ3n) is 16.1. The van der Waals surface area contributed by atoms with E-state index in [1.165, 1.54) is 83.3 Å². The molecule has 3 aliphatic rings. The lowest BCUT2D eigenvalue weighted by Gasteiger charge is -2.32. The molecule has 0 radical (unpaired) electrons. The molecule has 0 saturated carbocycles. The number of rotatable bonds is 5. The van der Waals surface area contributed by atoms with Crippen LogP contribution in [-0.2, 0) is 10.8 Å². The molecule has 1 heterocycles. The molecule has 0 N–H and O–H groups in total. The van der Waals surface area contributed by atoms with Gasteiger partial charge in [-0.2, -0.15) is 0 Å². The zero-order valence-corrected chi connectivity index (χ0v) is 38.9. The Morgan fingerprint density at radius 2 is 0.843 bits per heavy atom. The van der Waals surface area contributed by atoms with Crippen LogP contribution in [0.5, 0.6) is 0 Å². The number of benzene rings is 11. The van der Waals surface area contributed by atoms with Crippen molar-refractivity contribution in [3.05, 3.63) is 270 Å². The zero-order chi connectivity index (χ0) is 46.3. The third kappa shape index (κ3) is 5.12. The topological polar surface area (TPSA) is 16.4 Å². The van der Waals surface area contributed by atoms with E-state index in [0.717, 1.165) is 55.5 Å². The number of hydrogen-bond donors (Lipinski definition) is 0. The monoisotopic (exact) mass is 891 g/mol. The zero-order valence-electron chi connectivity index (χ0n) is 38.9. The summed E-state index contributed by atoms with van der Waals surface area (Å²) in [5, 5.41) is 4.52. The summed E-state index contributed by atoms with van der Waals surface area (Å²) < 4.78 is 6.83. The molecule has 11 aromatic carbocycles. The number of nitrogens with zero attached hydrogens (tertiary/aromatic N) is 1. The first-order valence-corrected chi connectivity index (χ1v) is 24.5. The summed E-state index contributed by atoms with van der Waals surface area (Å²) in [6, 6.07) is 88.0. The highest BCUT2D eigenvalue weighted by Gasteiger charge is 2.51. The molecular formula is C68H45NO. The largest absolute Gasteiger partial charge is 0.455 e. The molecule has 0 saturated heterocycles. The van der Waals surface area contributed by atoms with E-state index in [9.17, 15) is 0 Å². The van der Waals surface area contributed by atoms with Gasteiger partial charge in [0.15, 0.2) is 0 Å². The van der Waals surface area contributed by atoms with Crippen LogP contribution in [0.15, 0.2) is 241 Å². The molecule has 70 heavy (non-hydrogen) atoms. The Hall–Kier alpha value is -8.72. The lowest BCUT2D eigenvalue weighted by Crippen LogP contribution is -2.25. The second kappa shape index (κ2) is 14.4. The van der Waals surface area contributed by atoms with E-state index < -0.39 is 5.41 Å². The Morgan fingerprint density at radius 1 is 0.343 bits per heavy atom. The smallest absolute Gasteiger partial charge is 0.143 e. The molecule has 3 aliphatic carbocycles. The average Bonchev–Trinajstić information content (AvgIpc) is 4.12. The molecule has 1 aromatic heterocycles. The second-order valence-electron chi connectivity index (χ2n) is 19.8. The fourth-order valence-corrected chi connectivity index (χ4v) is 13.2. The van der Waals surface area contributed by atoms with Gasteiger partial charge in [0.1, 0.15) is 11.2 Å². The minimum absolute atomic E-state index is 0.138. The van der Waals surface area contributed by atoms with Crippen molar-refractivity contribution in [1.29, 1.82) is 0 Å². The molecular weight excluding hydrogens is 847 g/mol. The summed E-state index contributed by atoms with van der Waals surface area (Å²) in [5.41, 5.74) is 25.0. The van der Waals surface area contributed by atoms with Crippen LogP contribution >= 0.6 is 0 Å². The molecule has 2 nitrogen and oxygen atoms in total. The minimum Gasteiger partial charge on any atom is -0.455 e. The quantitative estimate of drug-likeness (QED) is 0.171. The van der Waals surface area contributed by atoms with E-state index in [-0.39, 0.29) is 5.41 Å². The van der Waals surface area contributed by atoms with E-state index in [0.29, 0.717) is 0 Å². The van der Waals surface area contributed by atoms with Crippen molar-refractivity contribution in [2.75, 3.05) is 4.90 Å². The number of hydrogen-bond acceptors (Lipinski definition) is 2. The van der Waals surface area contributed by atoms with Gasteiger partial charge in [0.05, 0.1) is 16.8 Å². The standard InChI is InChI=1S/C68H45NO/c1-67(2)55-29-11-8-26-52(55)64-50(27-17-33-60(64)67)48-24-9-15-34-61(48)69(62-35-16-10-25-49(62)51-28-18-36-63-65(51)53-39-37-42-19-3-4-20-44(42)66(53)70-63)43-38-40-59-54(41-43)47-23-7-14-32-58(47)68(59)56-30-12-5-21-45(56)46-22-6-13-31-57(46)68/h3-41H,1-2H3. The Morgan fingerprint density at radius 3 is 1.54 bits per heavy atom. The van der Waals surface area contributed by atoms with Gasteiger partial charge in [0.25, 0.3) is 0 Å². The van der Waals surface area contributed by atoms with Gasteiger partial charge < -0.3 is 9.32 Å². The number of para-hydroxylation sites is 2. The van der Waals surface area contributed by atoms with E-state index in [1.54, 1.807) is 0 Å². The van der Waals surface area contributed by atoms with Gasteiger partial charge >= 0.3 is 0 Å². The van der Waals surface area contributed by atoms with Crippen LogP contribution in [0.25, 0.3) is 88.3 Å². The Balaban J connectivity index is 1.02. The van der Waals surface area contributed by atoms with Crippen molar-refractivity contribution < 1.29 is 4.42 Å². The van der Waals surface area contributed by atoms with Crippen molar-refractivity contribution in [2.24, 2.45) is 0 Å². The highest BCUT2D eigenvalue weighted by atomic mass is 16.3. The first-order valence-electron chi connectivity index (χ1n) is 24.5. The van der Waals surface area contributed by atoms with Gasteiger partial charge in [-0.25, -0.2) is 0 Å². The predicted molar refractivity (Wildman–Crippen MR) is 291 cm³/mol. The van der Waals surface area contributed by atoms with Crippen LogP contribution < -0.4 is 4.90 Å². The van der Waals surface area contributed by atoms with Crippen LogP contribution in [0.1, 0.15) is 47.2 Å². The highest BCUT2D eigenvalue weighted by molar-refractivity contribution is 6.20. The maximum absolute atomic E-state index is 6.83. The van der Waals surface area contributed by atoms with Gasteiger partial charge in [-0.15, -0.1) is 0 Å². The van der Waals surface area contributed by atoms with Crippen LogP contribution in [0.3, 0.4) is 0 Å². The maximum atomic E-state index is 6.83. The van der Waals surface area contributed by atoms with Crippen LogP contribution in [0.4, 0.5) is 17.1 Å². The van der Waals surface area contributed by atoms with E-state index in [2.05, 4.69) is 255 Å². The predicted octanol–water partition coefficient (Wildman–Crippen LogP) is 18.2. The first kappa shape index (κ1) is 39.3. The van der Waals surface area contributed by atoms with Gasteiger partial charge in [-0.3, -0.25) is 0 Å². The Kier molecular flexibility index (Phi) is 8.08. The van der Waals surface area contributed by atoms with Crippen molar-refractivity contribution in [3.8, 4) is 55.6 Å². The molecule has 0 fully saturated rings. The number of anilines is 3. The summed E-state index contributed by atoms with van der Waals surface area (Å²) >= 11 is 0. The fourth-order valence-electron chi connectivity index (χ4n) is 13.2. The second-order valence-corrected chi connectivity index (χ2v) is 19.8. The molecule has 15 rings (SSSR count). The van der Waals surface area contributed by atoms with Crippen molar-refractivity contribution in [2.45, 2.75) is 24.7 Å². The average molecular weight is 892 g/mol. The summed E-state index contributed by atoms with van der Waals surface area (Å²) in [6.45, 7) is 4.74. The lowest BCUT2D eigenvalue weighted by atomic mass is 9.70. The lowest BCUT2D eigenvalue weighted by molar-refractivity contribution is 0.660. The summed E-state index contributed by atoms with van der Waals surface area (Å²) in [6.07, 6.45) is 0. The van der Waals surface area contributed by atoms with Crippen LogP contribution in [0.2, 0.25) is 0 Å². The summed E-state index contributed by atoms with van der Waals surface area (Å²) in [7, 11) is 0. The van der Waals surface area contributed by atoms with Crippen LogP contribution in [0, 0.1) is 0 Å². The molecule has 0 unspecified atom stereocenters. The van der Waals surface area contributed by atoms with Crippen molar-refractivity contribution in [1.82, 2.24) is 0 Å². The maximum Gasteiger partial charge on any atom is 0.143 e. The molecule has 1 spiro atoms. The Labute approximate surface area is 407 Å². The highest BCUT2D eigenvalue weighted by Crippen LogP contribution is 2.64. The van der Waals surface area contributed by atoms with Gasteiger partial charge in [0, 0.05) is 38.4 Å².